The smallest absolute Gasteiger partial charge is 0.104 e. The van der Waals surface area contributed by atoms with Gasteiger partial charge < -0.3 is 14.2 Å². The molecule has 3 nitrogen and oxygen atoms in total. The van der Waals surface area contributed by atoms with Gasteiger partial charge in [-0.2, -0.15) is 0 Å². The molecular formula is C24H42O3. The van der Waals surface area contributed by atoms with E-state index >= 15 is 0 Å². The maximum atomic E-state index is 6.21. The zero-order valence-corrected chi connectivity index (χ0v) is 18.2. The first kappa shape index (κ1) is 21.3. The maximum Gasteiger partial charge on any atom is 0.104 e. The summed E-state index contributed by atoms with van der Waals surface area (Å²) in [6, 6.07) is 0. The van der Waals surface area contributed by atoms with Gasteiger partial charge in [0, 0.05) is 5.41 Å². The molecule has 1 unspecified atom stereocenters. The molecule has 1 atom stereocenters. The summed E-state index contributed by atoms with van der Waals surface area (Å²) in [4.78, 5) is 0. The predicted octanol–water partition coefficient (Wildman–Crippen LogP) is 5.77. The van der Waals surface area contributed by atoms with E-state index in [1.165, 1.54) is 51.4 Å². The van der Waals surface area contributed by atoms with Gasteiger partial charge in [-0.15, -0.1) is 6.58 Å². The van der Waals surface area contributed by atoms with Crippen molar-refractivity contribution in [3.05, 3.63) is 12.7 Å². The molecule has 0 aromatic carbocycles. The zero-order chi connectivity index (χ0) is 19.5. The van der Waals surface area contributed by atoms with Crippen LogP contribution in [0, 0.1) is 22.7 Å². The Kier molecular flexibility index (Phi) is 7.08. The minimum atomic E-state index is 0.0858. The fraction of sp³-hybridized carbons (Fsp3) is 0.917. The van der Waals surface area contributed by atoms with E-state index in [4.69, 9.17) is 14.2 Å². The van der Waals surface area contributed by atoms with Crippen LogP contribution in [0.2, 0.25) is 0 Å². The molecule has 0 radical (unpaired) electrons. The van der Waals surface area contributed by atoms with Crippen molar-refractivity contribution in [2.45, 2.75) is 97.4 Å². The average molecular weight is 379 g/mol. The van der Waals surface area contributed by atoms with Crippen LogP contribution in [0.5, 0.6) is 0 Å². The highest BCUT2D eigenvalue weighted by atomic mass is 16.6. The third-order valence-electron chi connectivity index (χ3n) is 7.62. The fourth-order valence-electron chi connectivity index (χ4n) is 5.08. The highest BCUT2D eigenvalue weighted by Crippen LogP contribution is 2.49. The summed E-state index contributed by atoms with van der Waals surface area (Å²) in [5.74, 6) is 1.68. The number of hydrogen-bond donors (Lipinski definition) is 0. The van der Waals surface area contributed by atoms with Gasteiger partial charge in [-0.3, -0.25) is 0 Å². The van der Waals surface area contributed by atoms with E-state index in [-0.39, 0.29) is 5.41 Å². The van der Waals surface area contributed by atoms with Gasteiger partial charge in [-0.05, 0) is 68.6 Å². The molecule has 1 heterocycles. The normalized spacial score (nSPS) is 35.0. The molecule has 2 saturated carbocycles. The summed E-state index contributed by atoms with van der Waals surface area (Å²) >= 11 is 0. The minimum absolute atomic E-state index is 0.0858. The molecule has 3 rings (SSSR count). The molecular weight excluding hydrogens is 336 g/mol. The van der Waals surface area contributed by atoms with E-state index in [0.717, 1.165) is 31.7 Å². The molecule has 2 aliphatic carbocycles. The molecule has 0 spiro atoms. The summed E-state index contributed by atoms with van der Waals surface area (Å²) in [6.07, 6.45) is 13.5. The van der Waals surface area contributed by atoms with Crippen molar-refractivity contribution in [2.75, 3.05) is 19.8 Å². The lowest BCUT2D eigenvalue weighted by atomic mass is 9.60. The van der Waals surface area contributed by atoms with Gasteiger partial charge in [0.25, 0.3) is 0 Å². The van der Waals surface area contributed by atoms with Gasteiger partial charge in [0.2, 0.25) is 0 Å². The first-order valence-electron chi connectivity index (χ1n) is 11.3. The molecule has 0 aromatic heterocycles. The molecule has 0 bridgehead atoms. The van der Waals surface area contributed by atoms with Crippen LogP contribution in [-0.4, -0.2) is 38.1 Å². The third-order valence-corrected chi connectivity index (χ3v) is 7.62. The average Bonchev–Trinajstić information content (AvgIpc) is 3.50. The summed E-state index contributed by atoms with van der Waals surface area (Å²) in [6.45, 7) is 15.9. The molecule has 3 aliphatic rings. The van der Waals surface area contributed by atoms with Crippen molar-refractivity contribution >= 4 is 0 Å². The van der Waals surface area contributed by atoms with Crippen LogP contribution >= 0.6 is 0 Å². The van der Waals surface area contributed by atoms with E-state index in [2.05, 4.69) is 34.3 Å². The monoisotopic (exact) mass is 378 g/mol. The van der Waals surface area contributed by atoms with Crippen LogP contribution in [0.1, 0.15) is 79.1 Å². The van der Waals surface area contributed by atoms with Crippen LogP contribution in [0.25, 0.3) is 0 Å². The van der Waals surface area contributed by atoms with Crippen LogP contribution in [0.15, 0.2) is 12.7 Å². The fourth-order valence-corrected chi connectivity index (χ4v) is 5.08. The minimum Gasteiger partial charge on any atom is -0.377 e. The van der Waals surface area contributed by atoms with Crippen LogP contribution in [0.4, 0.5) is 0 Å². The Morgan fingerprint density at radius 3 is 1.78 bits per heavy atom. The Morgan fingerprint density at radius 1 is 0.852 bits per heavy atom. The summed E-state index contributed by atoms with van der Waals surface area (Å²) in [5.41, 5.74) is 0.526. The maximum absolute atomic E-state index is 6.21. The number of hydrogen-bond acceptors (Lipinski definition) is 3. The van der Waals surface area contributed by atoms with Crippen molar-refractivity contribution in [3.63, 3.8) is 0 Å². The molecule has 3 fully saturated rings. The van der Waals surface area contributed by atoms with Crippen molar-refractivity contribution < 1.29 is 14.2 Å². The largest absolute Gasteiger partial charge is 0.377 e. The lowest BCUT2D eigenvalue weighted by molar-refractivity contribution is -0.0454. The molecule has 0 aromatic rings. The number of rotatable bonds is 9. The molecule has 0 amide bonds. The summed E-state index contributed by atoms with van der Waals surface area (Å²) in [7, 11) is 0. The SMILES string of the molecule is C=CC(C)(C)COC1CCC(C(C)(C)C2CCC(OCC3CO3)CC2)CC1. The lowest BCUT2D eigenvalue weighted by Gasteiger charge is -2.46. The van der Waals surface area contributed by atoms with Gasteiger partial charge in [0.05, 0.1) is 32.0 Å². The Morgan fingerprint density at radius 2 is 1.33 bits per heavy atom. The van der Waals surface area contributed by atoms with E-state index in [1.54, 1.807) is 0 Å². The molecule has 156 valence electrons. The molecule has 1 saturated heterocycles. The Balaban J connectivity index is 1.39. The second-order valence-corrected chi connectivity index (χ2v) is 10.6. The summed E-state index contributed by atoms with van der Waals surface area (Å²) < 4.78 is 17.5. The molecule has 0 N–H and O–H groups in total. The van der Waals surface area contributed by atoms with Crippen molar-refractivity contribution in [1.82, 2.24) is 0 Å². The predicted molar refractivity (Wildman–Crippen MR) is 111 cm³/mol. The molecule has 27 heavy (non-hydrogen) atoms. The first-order valence-corrected chi connectivity index (χ1v) is 11.3. The van der Waals surface area contributed by atoms with Crippen molar-refractivity contribution in [1.29, 1.82) is 0 Å². The zero-order valence-electron chi connectivity index (χ0n) is 18.2. The van der Waals surface area contributed by atoms with Crippen molar-refractivity contribution in [2.24, 2.45) is 22.7 Å². The highest BCUT2D eigenvalue weighted by molar-refractivity contribution is 4.92. The highest BCUT2D eigenvalue weighted by Gasteiger charge is 2.41. The van der Waals surface area contributed by atoms with Gasteiger partial charge in [-0.25, -0.2) is 0 Å². The van der Waals surface area contributed by atoms with E-state index in [1.807, 2.05) is 6.08 Å². The number of epoxide rings is 1. The molecule has 1 aliphatic heterocycles. The Bertz CT molecular complexity index is 464. The van der Waals surface area contributed by atoms with E-state index in [0.29, 0.717) is 23.7 Å². The van der Waals surface area contributed by atoms with Gasteiger partial charge in [-0.1, -0.05) is 33.8 Å². The van der Waals surface area contributed by atoms with Gasteiger partial charge >= 0.3 is 0 Å². The summed E-state index contributed by atoms with van der Waals surface area (Å²) in [5, 5.41) is 0. The quantitative estimate of drug-likeness (QED) is 0.377. The van der Waals surface area contributed by atoms with E-state index in [9.17, 15) is 0 Å². The Labute approximate surface area is 167 Å². The van der Waals surface area contributed by atoms with Crippen molar-refractivity contribution in [3.8, 4) is 0 Å². The van der Waals surface area contributed by atoms with Crippen LogP contribution in [0.3, 0.4) is 0 Å². The van der Waals surface area contributed by atoms with Crippen LogP contribution < -0.4 is 0 Å². The third kappa shape index (κ3) is 6.05. The second-order valence-electron chi connectivity index (χ2n) is 10.6. The molecule has 3 heteroatoms. The first-order chi connectivity index (χ1) is 12.8. The lowest BCUT2D eigenvalue weighted by Crippen LogP contribution is -2.39. The topological polar surface area (TPSA) is 31.0 Å². The van der Waals surface area contributed by atoms with Crippen LogP contribution in [-0.2, 0) is 14.2 Å². The standard InChI is InChI=1S/C24H42O3/c1-6-23(2,3)17-27-21-13-9-19(10-14-21)24(4,5)18-7-11-20(12-8-18)25-15-22-16-26-22/h6,18-22H,1,7-17H2,2-5H3. The van der Waals surface area contributed by atoms with Gasteiger partial charge in [0.1, 0.15) is 6.10 Å². The number of ether oxygens (including phenoxy) is 3. The van der Waals surface area contributed by atoms with Gasteiger partial charge in [0.15, 0.2) is 0 Å². The van der Waals surface area contributed by atoms with E-state index < -0.39 is 0 Å². The second kappa shape index (κ2) is 8.97. The Hall–Kier alpha value is -0.380.